The Bertz CT molecular complexity index is 559. The summed E-state index contributed by atoms with van der Waals surface area (Å²) >= 11 is 0. The summed E-state index contributed by atoms with van der Waals surface area (Å²) in [6, 6.07) is 8.71. The zero-order valence-corrected chi connectivity index (χ0v) is 19.5. The van der Waals surface area contributed by atoms with Crippen molar-refractivity contribution >= 4 is 0 Å². The third-order valence-electron chi connectivity index (χ3n) is 6.10. The van der Waals surface area contributed by atoms with Gasteiger partial charge in [-0.3, -0.25) is 0 Å². The van der Waals surface area contributed by atoms with Crippen molar-refractivity contribution in [2.75, 3.05) is 6.61 Å². The molecule has 0 N–H and O–H groups in total. The third kappa shape index (κ3) is 7.78. The highest BCUT2D eigenvalue weighted by Gasteiger charge is 2.27. The van der Waals surface area contributed by atoms with Crippen molar-refractivity contribution in [1.82, 2.24) is 0 Å². The summed E-state index contributed by atoms with van der Waals surface area (Å²) < 4.78 is 12.3. The highest BCUT2D eigenvalue weighted by Crippen LogP contribution is 2.40. The highest BCUT2D eigenvalue weighted by molar-refractivity contribution is 5.30. The van der Waals surface area contributed by atoms with Gasteiger partial charge in [-0.1, -0.05) is 78.9 Å². The van der Waals surface area contributed by atoms with E-state index in [0.29, 0.717) is 11.8 Å². The van der Waals surface area contributed by atoms with E-state index in [9.17, 15) is 0 Å². The van der Waals surface area contributed by atoms with Gasteiger partial charge in [0, 0.05) is 13.8 Å². The SMILES string of the molecule is CC(C)CC(c1ccc(OC(C)(C)OCCC2CCCCC2)cc1)C(C)(C)C. The minimum atomic E-state index is -0.586. The number of ether oxygens (including phenoxy) is 2. The Balaban J connectivity index is 1.90. The molecule has 28 heavy (non-hydrogen) atoms. The van der Waals surface area contributed by atoms with Crippen molar-refractivity contribution in [3.63, 3.8) is 0 Å². The highest BCUT2D eigenvalue weighted by atomic mass is 16.7. The molecule has 2 rings (SSSR count). The molecule has 1 unspecified atom stereocenters. The second-order valence-corrected chi connectivity index (χ2v) is 10.8. The maximum atomic E-state index is 6.17. The molecule has 0 spiro atoms. The summed E-state index contributed by atoms with van der Waals surface area (Å²) in [7, 11) is 0. The molecule has 1 aromatic carbocycles. The maximum absolute atomic E-state index is 6.17. The lowest BCUT2D eigenvalue weighted by Gasteiger charge is -2.33. The summed E-state index contributed by atoms with van der Waals surface area (Å²) in [5.74, 6) is 2.40. The minimum Gasteiger partial charge on any atom is -0.463 e. The van der Waals surface area contributed by atoms with Crippen LogP contribution < -0.4 is 4.74 Å². The molecule has 160 valence electrons. The Labute approximate surface area is 174 Å². The Hall–Kier alpha value is -1.02. The Morgan fingerprint density at radius 2 is 1.54 bits per heavy atom. The van der Waals surface area contributed by atoms with Gasteiger partial charge in [0.15, 0.2) is 0 Å². The number of hydrogen-bond donors (Lipinski definition) is 0. The smallest absolute Gasteiger partial charge is 0.204 e. The fraction of sp³-hybridized carbons (Fsp3) is 0.769. The van der Waals surface area contributed by atoms with Crippen LogP contribution in [0.2, 0.25) is 0 Å². The molecule has 1 fully saturated rings. The second kappa shape index (κ2) is 10.1. The fourth-order valence-corrected chi connectivity index (χ4v) is 4.49. The van der Waals surface area contributed by atoms with Gasteiger partial charge < -0.3 is 9.47 Å². The standard InChI is InChI=1S/C26H44O2/c1-20(2)19-24(25(3,4)5)22-13-15-23(16-14-22)28-26(6,7)27-18-17-21-11-9-8-10-12-21/h13-16,20-21,24H,8-12,17-19H2,1-7H3. The van der Waals surface area contributed by atoms with Crippen LogP contribution in [0.25, 0.3) is 0 Å². The summed E-state index contributed by atoms with van der Waals surface area (Å²) in [6.45, 7) is 16.5. The molecule has 0 aromatic heterocycles. The Morgan fingerprint density at radius 1 is 0.929 bits per heavy atom. The van der Waals surface area contributed by atoms with Crippen LogP contribution in [0.1, 0.15) is 105 Å². The van der Waals surface area contributed by atoms with Crippen molar-refractivity contribution in [2.24, 2.45) is 17.3 Å². The molecule has 0 bridgehead atoms. The van der Waals surface area contributed by atoms with Gasteiger partial charge in [-0.2, -0.15) is 0 Å². The van der Waals surface area contributed by atoms with Gasteiger partial charge in [-0.25, -0.2) is 0 Å². The van der Waals surface area contributed by atoms with E-state index in [0.717, 1.165) is 24.7 Å². The largest absolute Gasteiger partial charge is 0.463 e. The lowest BCUT2D eigenvalue weighted by Crippen LogP contribution is -2.32. The summed E-state index contributed by atoms with van der Waals surface area (Å²) in [4.78, 5) is 0. The van der Waals surface area contributed by atoms with Gasteiger partial charge in [-0.15, -0.1) is 0 Å². The third-order valence-corrected chi connectivity index (χ3v) is 6.10. The number of rotatable bonds is 9. The summed E-state index contributed by atoms with van der Waals surface area (Å²) in [6.07, 6.45) is 9.31. The van der Waals surface area contributed by atoms with Crippen LogP contribution in [-0.4, -0.2) is 12.4 Å². The van der Waals surface area contributed by atoms with Crippen molar-refractivity contribution in [2.45, 2.75) is 105 Å². The molecule has 2 heteroatoms. The molecule has 0 amide bonds. The van der Waals surface area contributed by atoms with Crippen LogP contribution in [-0.2, 0) is 4.74 Å². The molecule has 1 aliphatic rings. The molecule has 1 saturated carbocycles. The molecule has 0 saturated heterocycles. The van der Waals surface area contributed by atoms with E-state index in [1.165, 1.54) is 44.1 Å². The average Bonchev–Trinajstić information content (AvgIpc) is 2.60. The molecular formula is C26H44O2. The van der Waals surface area contributed by atoms with Crippen LogP contribution in [0.5, 0.6) is 5.75 Å². The lowest BCUT2D eigenvalue weighted by atomic mass is 9.72. The maximum Gasteiger partial charge on any atom is 0.204 e. The normalized spacial score (nSPS) is 17.7. The molecule has 1 atom stereocenters. The van der Waals surface area contributed by atoms with Crippen molar-refractivity contribution in [3.8, 4) is 5.75 Å². The molecule has 0 radical (unpaired) electrons. The van der Waals surface area contributed by atoms with Gasteiger partial charge in [0.2, 0.25) is 5.79 Å². The van der Waals surface area contributed by atoms with Gasteiger partial charge >= 0.3 is 0 Å². The van der Waals surface area contributed by atoms with E-state index in [2.05, 4.69) is 58.9 Å². The monoisotopic (exact) mass is 388 g/mol. The zero-order chi connectivity index (χ0) is 20.8. The molecule has 0 heterocycles. The van der Waals surface area contributed by atoms with Crippen molar-refractivity contribution in [3.05, 3.63) is 29.8 Å². The second-order valence-electron chi connectivity index (χ2n) is 10.8. The molecule has 1 aromatic rings. The first-order chi connectivity index (χ1) is 13.1. The van der Waals surface area contributed by atoms with E-state index in [1.807, 2.05) is 13.8 Å². The first-order valence-corrected chi connectivity index (χ1v) is 11.5. The Morgan fingerprint density at radius 3 is 2.07 bits per heavy atom. The molecule has 1 aliphatic carbocycles. The van der Waals surface area contributed by atoms with Crippen molar-refractivity contribution < 1.29 is 9.47 Å². The minimum absolute atomic E-state index is 0.258. The first kappa shape index (κ1) is 23.3. The van der Waals surface area contributed by atoms with E-state index in [-0.39, 0.29) is 5.41 Å². The van der Waals surface area contributed by atoms with Gasteiger partial charge in [-0.05, 0) is 53.7 Å². The summed E-state index contributed by atoms with van der Waals surface area (Å²) in [5.41, 5.74) is 1.67. The fourth-order valence-electron chi connectivity index (χ4n) is 4.49. The molecule has 2 nitrogen and oxygen atoms in total. The van der Waals surface area contributed by atoms with Crippen LogP contribution in [0.4, 0.5) is 0 Å². The van der Waals surface area contributed by atoms with Gasteiger partial charge in [0.05, 0.1) is 6.61 Å². The van der Waals surface area contributed by atoms with Crippen molar-refractivity contribution in [1.29, 1.82) is 0 Å². The van der Waals surface area contributed by atoms with E-state index >= 15 is 0 Å². The topological polar surface area (TPSA) is 18.5 Å². The van der Waals surface area contributed by atoms with Crippen LogP contribution >= 0.6 is 0 Å². The van der Waals surface area contributed by atoms with Gasteiger partial charge in [0.1, 0.15) is 5.75 Å². The van der Waals surface area contributed by atoms with Crippen LogP contribution in [0.15, 0.2) is 24.3 Å². The average molecular weight is 389 g/mol. The quantitative estimate of drug-likeness (QED) is 0.399. The van der Waals surface area contributed by atoms with E-state index < -0.39 is 5.79 Å². The predicted molar refractivity (Wildman–Crippen MR) is 120 cm³/mol. The number of benzene rings is 1. The lowest BCUT2D eigenvalue weighted by molar-refractivity contribution is -0.158. The molecular weight excluding hydrogens is 344 g/mol. The number of hydrogen-bond acceptors (Lipinski definition) is 2. The Kier molecular flexibility index (Phi) is 8.43. The van der Waals surface area contributed by atoms with E-state index in [1.54, 1.807) is 0 Å². The zero-order valence-electron chi connectivity index (χ0n) is 19.5. The first-order valence-electron chi connectivity index (χ1n) is 11.5. The van der Waals surface area contributed by atoms with Crippen LogP contribution in [0.3, 0.4) is 0 Å². The van der Waals surface area contributed by atoms with Gasteiger partial charge in [0.25, 0.3) is 0 Å². The van der Waals surface area contributed by atoms with Crippen LogP contribution in [0, 0.1) is 17.3 Å². The summed E-state index contributed by atoms with van der Waals surface area (Å²) in [5, 5.41) is 0. The predicted octanol–water partition coefficient (Wildman–Crippen LogP) is 7.96. The van der Waals surface area contributed by atoms with E-state index in [4.69, 9.17) is 9.47 Å². The molecule has 0 aliphatic heterocycles.